The number of rotatable bonds is 3. The molecule has 0 saturated heterocycles. The first-order valence-electron chi connectivity index (χ1n) is 4.67. The summed E-state index contributed by atoms with van der Waals surface area (Å²) < 4.78 is 0. The van der Waals surface area contributed by atoms with E-state index in [-0.39, 0.29) is 0 Å². The van der Waals surface area contributed by atoms with E-state index in [1.807, 2.05) is 0 Å². The van der Waals surface area contributed by atoms with E-state index in [4.69, 9.17) is 0 Å². The molecule has 1 saturated carbocycles. The highest BCUT2D eigenvalue weighted by Crippen LogP contribution is 2.33. The molecule has 3 nitrogen and oxygen atoms in total. The second kappa shape index (κ2) is 6.95. The van der Waals surface area contributed by atoms with E-state index in [9.17, 15) is 4.79 Å². The van der Waals surface area contributed by atoms with Crippen LogP contribution in [-0.4, -0.2) is 13.1 Å². The predicted molar refractivity (Wildman–Crippen MR) is 50.9 cm³/mol. The summed E-state index contributed by atoms with van der Waals surface area (Å²) in [5.74, 6) is 1.15. The first kappa shape index (κ1) is 11.3. The van der Waals surface area contributed by atoms with Crippen molar-refractivity contribution in [1.29, 1.82) is 0 Å². The monoisotopic (exact) mass is 172 g/mol. The number of carbonyl (C=O) groups is 1. The normalized spacial score (nSPS) is 14.5. The zero-order valence-corrected chi connectivity index (χ0v) is 8.10. The Morgan fingerprint density at radius 3 is 2.33 bits per heavy atom. The van der Waals surface area contributed by atoms with Crippen molar-refractivity contribution < 1.29 is 4.79 Å². The van der Waals surface area contributed by atoms with Crippen LogP contribution in [0.1, 0.15) is 39.0 Å². The van der Waals surface area contributed by atoms with Crippen LogP contribution in [0.2, 0.25) is 0 Å². The molecule has 0 spiro atoms. The molecular weight excluding hydrogens is 152 g/mol. The molecule has 72 valence electrons. The lowest BCUT2D eigenvalue weighted by Gasteiger charge is -1.88. The van der Waals surface area contributed by atoms with Gasteiger partial charge in [-0.15, -0.1) is 0 Å². The summed E-state index contributed by atoms with van der Waals surface area (Å²) in [5.41, 5.74) is 4.54. The lowest BCUT2D eigenvalue weighted by Crippen LogP contribution is -2.24. The maximum atomic E-state index is 9.48. The van der Waals surface area contributed by atoms with Crippen LogP contribution in [0.3, 0.4) is 0 Å². The highest BCUT2D eigenvalue weighted by molar-refractivity contribution is 5.71. The molecule has 0 aromatic rings. The minimum atomic E-state index is -0.495. The summed E-state index contributed by atoms with van der Waals surface area (Å²) in [6.45, 7) is 2.27. The van der Waals surface area contributed by atoms with Crippen molar-refractivity contribution in [1.82, 2.24) is 5.32 Å². The third kappa shape index (κ3) is 9.27. The van der Waals surface area contributed by atoms with Crippen LogP contribution in [0.4, 0.5) is 4.79 Å². The first-order chi connectivity index (χ1) is 5.70. The van der Waals surface area contributed by atoms with Gasteiger partial charge in [-0.05, 0) is 5.92 Å². The van der Waals surface area contributed by atoms with E-state index in [1.54, 1.807) is 0 Å². The molecule has 0 radical (unpaired) electrons. The van der Waals surface area contributed by atoms with Crippen molar-refractivity contribution in [2.75, 3.05) is 7.05 Å². The van der Waals surface area contributed by atoms with Crippen LogP contribution >= 0.6 is 0 Å². The highest BCUT2D eigenvalue weighted by Gasteiger charge is 2.19. The van der Waals surface area contributed by atoms with Gasteiger partial charge in [0.2, 0.25) is 0 Å². The number of urea groups is 1. The van der Waals surface area contributed by atoms with Crippen molar-refractivity contribution in [3.63, 3.8) is 0 Å². The van der Waals surface area contributed by atoms with Crippen LogP contribution in [0.15, 0.2) is 0 Å². The van der Waals surface area contributed by atoms with Crippen LogP contribution in [0, 0.1) is 5.92 Å². The molecule has 3 heteroatoms. The zero-order chi connectivity index (χ0) is 9.40. The number of hydrogen-bond acceptors (Lipinski definition) is 1. The Bertz CT molecular complexity index is 122. The van der Waals surface area contributed by atoms with Gasteiger partial charge in [0.1, 0.15) is 0 Å². The van der Waals surface area contributed by atoms with Gasteiger partial charge in [-0.25, -0.2) is 4.79 Å². The topological polar surface area (TPSA) is 55.1 Å². The van der Waals surface area contributed by atoms with Gasteiger partial charge in [-0.1, -0.05) is 39.0 Å². The molecule has 0 unspecified atom stereocenters. The van der Waals surface area contributed by atoms with Gasteiger partial charge >= 0.3 is 6.03 Å². The zero-order valence-electron chi connectivity index (χ0n) is 8.10. The predicted octanol–water partition coefficient (Wildman–Crippen LogP) is 1.87. The molecule has 0 heterocycles. The second-order valence-corrected chi connectivity index (χ2v) is 3.20. The molecule has 0 atom stereocenters. The fourth-order valence-electron chi connectivity index (χ4n) is 0.899. The van der Waals surface area contributed by atoms with Crippen molar-refractivity contribution in [3.8, 4) is 0 Å². The number of nitrogens with one attached hydrogen (secondary N) is 1. The molecular formula is C9H20N2O. The molecule has 0 aromatic carbocycles. The Morgan fingerprint density at radius 2 is 2.08 bits per heavy atom. The number of primary amides is 1. The van der Waals surface area contributed by atoms with E-state index in [1.165, 1.54) is 39.2 Å². The van der Waals surface area contributed by atoms with Crippen molar-refractivity contribution >= 4 is 6.03 Å². The van der Waals surface area contributed by atoms with Crippen molar-refractivity contribution in [3.05, 3.63) is 0 Å². The minimum Gasteiger partial charge on any atom is -0.352 e. The van der Waals surface area contributed by atoms with E-state index >= 15 is 0 Å². The fourth-order valence-corrected chi connectivity index (χ4v) is 0.899. The molecule has 12 heavy (non-hydrogen) atoms. The third-order valence-electron chi connectivity index (χ3n) is 1.91. The van der Waals surface area contributed by atoms with Crippen LogP contribution in [0.5, 0.6) is 0 Å². The van der Waals surface area contributed by atoms with Crippen LogP contribution in [-0.2, 0) is 0 Å². The summed E-state index contributed by atoms with van der Waals surface area (Å²) in [4.78, 5) is 9.48. The smallest absolute Gasteiger partial charge is 0.311 e. The van der Waals surface area contributed by atoms with Crippen molar-refractivity contribution in [2.45, 2.75) is 39.0 Å². The maximum Gasteiger partial charge on any atom is 0.311 e. The molecule has 1 rings (SSSR count). The number of amides is 2. The van der Waals surface area contributed by atoms with Gasteiger partial charge in [0.15, 0.2) is 0 Å². The molecule has 0 aromatic heterocycles. The molecule has 3 N–H and O–H groups in total. The molecule has 0 bridgehead atoms. The van der Waals surface area contributed by atoms with Crippen LogP contribution in [0.25, 0.3) is 0 Å². The average Bonchev–Trinajstić information content (AvgIpc) is 2.85. The SMILES string of the molecule is CCCCC1CC1.CNC(N)=O. The summed E-state index contributed by atoms with van der Waals surface area (Å²) in [7, 11) is 1.47. The third-order valence-corrected chi connectivity index (χ3v) is 1.91. The Morgan fingerprint density at radius 1 is 1.58 bits per heavy atom. The lowest BCUT2D eigenvalue weighted by molar-refractivity contribution is 0.251. The molecule has 0 aliphatic heterocycles. The van der Waals surface area contributed by atoms with Crippen LogP contribution < -0.4 is 11.1 Å². The van der Waals surface area contributed by atoms with Gasteiger partial charge in [0, 0.05) is 7.05 Å². The molecule has 1 fully saturated rings. The average molecular weight is 172 g/mol. The summed E-state index contributed by atoms with van der Waals surface area (Å²) in [6.07, 6.45) is 7.41. The van der Waals surface area contributed by atoms with E-state index < -0.39 is 6.03 Å². The number of carbonyl (C=O) groups excluding carboxylic acids is 1. The highest BCUT2D eigenvalue weighted by atomic mass is 16.2. The van der Waals surface area contributed by atoms with Crippen molar-refractivity contribution in [2.24, 2.45) is 11.7 Å². The standard InChI is InChI=1S/C7H14.C2H6N2O/c1-2-3-4-7-5-6-7;1-4-2(3)5/h7H,2-6H2,1H3;1H3,(H3,3,4,5). The maximum absolute atomic E-state index is 9.48. The van der Waals surface area contributed by atoms with Gasteiger partial charge < -0.3 is 11.1 Å². The molecule has 1 aliphatic carbocycles. The first-order valence-corrected chi connectivity index (χ1v) is 4.67. The largest absolute Gasteiger partial charge is 0.352 e. The summed E-state index contributed by atoms with van der Waals surface area (Å²) >= 11 is 0. The molecule has 1 aliphatic rings. The Kier molecular flexibility index (Phi) is 6.53. The van der Waals surface area contributed by atoms with Gasteiger partial charge in [0.25, 0.3) is 0 Å². The quantitative estimate of drug-likeness (QED) is 0.671. The van der Waals surface area contributed by atoms with E-state index in [2.05, 4.69) is 18.0 Å². The number of nitrogens with two attached hydrogens (primary N) is 1. The lowest BCUT2D eigenvalue weighted by atomic mass is 10.2. The molecule has 2 amide bonds. The Hall–Kier alpha value is -0.730. The van der Waals surface area contributed by atoms with E-state index in [0.29, 0.717) is 0 Å². The van der Waals surface area contributed by atoms with Gasteiger partial charge in [-0.3, -0.25) is 0 Å². The fraction of sp³-hybridized carbons (Fsp3) is 0.889. The van der Waals surface area contributed by atoms with E-state index in [0.717, 1.165) is 5.92 Å². The number of hydrogen-bond donors (Lipinski definition) is 2. The minimum absolute atomic E-state index is 0.495. The Balaban J connectivity index is 0.000000217. The van der Waals surface area contributed by atoms with Gasteiger partial charge in [-0.2, -0.15) is 0 Å². The summed E-state index contributed by atoms with van der Waals surface area (Å²) in [6, 6.07) is -0.495. The Labute approximate surface area is 74.7 Å². The number of unbranched alkanes of at least 4 members (excludes halogenated alkanes) is 1. The van der Waals surface area contributed by atoms with Gasteiger partial charge in [0.05, 0.1) is 0 Å². The second-order valence-electron chi connectivity index (χ2n) is 3.20. The summed E-state index contributed by atoms with van der Waals surface area (Å²) in [5, 5.41) is 2.17.